The quantitative estimate of drug-likeness (QED) is 0.612. The van der Waals surface area contributed by atoms with E-state index >= 15 is 0 Å². The summed E-state index contributed by atoms with van der Waals surface area (Å²) in [4.78, 5) is 44.0. The molecule has 1 aliphatic carbocycles. The molecule has 1 aromatic carbocycles. The third-order valence-corrected chi connectivity index (χ3v) is 6.77. The molecule has 162 valence electrons. The third-order valence-electron chi connectivity index (χ3n) is 5.60. The van der Waals surface area contributed by atoms with Crippen LogP contribution < -0.4 is 10.9 Å². The van der Waals surface area contributed by atoms with Gasteiger partial charge in [-0.15, -0.1) is 11.3 Å². The van der Waals surface area contributed by atoms with E-state index in [1.54, 1.807) is 32.0 Å². The maximum atomic E-state index is 12.9. The van der Waals surface area contributed by atoms with Crippen molar-refractivity contribution in [3.63, 3.8) is 0 Å². The molecule has 1 atom stereocenters. The maximum Gasteiger partial charge on any atom is 0.341 e. The fraction of sp³-hybridized carbons (Fsp3) is 0.391. The first kappa shape index (κ1) is 21.2. The summed E-state index contributed by atoms with van der Waals surface area (Å²) in [5, 5.41) is 3.83. The largest absolute Gasteiger partial charge is 0.462 e. The second kappa shape index (κ2) is 8.63. The Kier molecular flexibility index (Phi) is 5.91. The van der Waals surface area contributed by atoms with Gasteiger partial charge in [0.15, 0.2) is 0 Å². The summed E-state index contributed by atoms with van der Waals surface area (Å²) in [6.45, 7) is 5.75. The summed E-state index contributed by atoms with van der Waals surface area (Å²) >= 11 is 1.43. The lowest BCUT2D eigenvalue weighted by atomic mass is 9.88. The van der Waals surface area contributed by atoms with Crippen molar-refractivity contribution in [2.45, 2.75) is 46.6 Å². The summed E-state index contributed by atoms with van der Waals surface area (Å²) in [6, 6.07) is 7.07. The highest BCUT2D eigenvalue weighted by molar-refractivity contribution is 7.17. The lowest BCUT2D eigenvalue weighted by Gasteiger charge is -2.18. The number of carbonyl (C=O) groups excluding carboxylic acids is 2. The average molecular weight is 440 g/mol. The monoisotopic (exact) mass is 439 g/mol. The molecule has 4 rings (SSSR count). The van der Waals surface area contributed by atoms with Gasteiger partial charge < -0.3 is 10.1 Å². The molecule has 1 N–H and O–H groups in total. The number of para-hydroxylation sites is 1. The van der Waals surface area contributed by atoms with Crippen LogP contribution in [0.3, 0.4) is 0 Å². The number of hydrogen-bond acceptors (Lipinski definition) is 6. The van der Waals surface area contributed by atoms with Crippen LogP contribution in [0.25, 0.3) is 10.9 Å². The van der Waals surface area contributed by atoms with Crippen LogP contribution >= 0.6 is 11.3 Å². The number of carbonyl (C=O) groups is 2. The van der Waals surface area contributed by atoms with Crippen molar-refractivity contribution >= 4 is 39.1 Å². The normalized spacial score (nSPS) is 15.5. The Morgan fingerprint density at radius 3 is 2.87 bits per heavy atom. The number of aryl methyl sites for hydroxylation is 1. The fourth-order valence-electron chi connectivity index (χ4n) is 4.03. The number of fused-ring (bicyclic) bond motifs is 2. The van der Waals surface area contributed by atoms with E-state index in [1.165, 1.54) is 15.9 Å². The van der Waals surface area contributed by atoms with Crippen LogP contribution in [0.15, 0.2) is 29.1 Å². The molecule has 0 spiro atoms. The van der Waals surface area contributed by atoms with Crippen LogP contribution in [-0.2, 0) is 28.9 Å². The summed E-state index contributed by atoms with van der Waals surface area (Å²) in [5.74, 6) is 0.212. The molecule has 7 nitrogen and oxygen atoms in total. The molecule has 0 saturated carbocycles. The Labute approximate surface area is 184 Å². The second-order valence-corrected chi connectivity index (χ2v) is 9.00. The zero-order chi connectivity index (χ0) is 22.1. The first-order valence-electron chi connectivity index (χ1n) is 10.5. The minimum absolute atomic E-state index is 0.177. The zero-order valence-electron chi connectivity index (χ0n) is 17.9. The Morgan fingerprint density at radius 1 is 1.32 bits per heavy atom. The van der Waals surface area contributed by atoms with Gasteiger partial charge in [0.2, 0.25) is 5.91 Å². The number of anilines is 1. The van der Waals surface area contributed by atoms with Gasteiger partial charge in [-0.2, -0.15) is 0 Å². The predicted octanol–water partition coefficient (Wildman–Crippen LogP) is 3.71. The first-order chi connectivity index (χ1) is 14.9. The molecule has 2 aromatic heterocycles. The van der Waals surface area contributed by atoms with Crippen LogP contribution in [0.2, 0.25) is 0 Å². The third kappa shape index (κ3) is 4.12. The highest BCUT2D eigenvalue weighted by Crippen LogP contribution is 2.40. The molecule has 31 heavy (non-hydrogen) atoms. The Bertz CT molecular complexity index is 1230. The van der Waals surface area contributed by atoms with E-state index in [4.69, 9.17) is 4.74 Å². The Morgan fingerprint density at radius 2 is 2.10 bits per heavy atom. The van der Waals surface area contributed by atoms with E-state index in [0.717, 1.165) is 29.7 Å². The molecule has 0 aliphatic heterocycles. The predicted molar refractivity (Wildman–Crippen MR) is 121 cm³/mol. The van der Waals surface area contributed by atoms with Gasteiger partial charge in [-0.1, -0.05) is 19.1 Å². The van der Waals surface area contributed by atoms with Crippen molar-refractivity contribution in [2.75, 3.05) is 11.9 Å². The molecule has 0 radical (unpaired) electrons. The zero-order valence-corrected chi connectivity index (χ0v) is 18.7. The van der Waals surface area contributed by atoms with E-state index in [1.807, 2.05) is 6.07 Å². The van der Waals surface area contributed by atoms with Crippen molar-refractivity contribution in [1.29, 1.82) is 0 Å². The molecule has 2 heterocycles. The van der Waals surface area contributed by atoms with Gasteiger partial charge in [0.05, 0.1) is 23.1 Å². The molecule has 0 bridgehead atoms. The molecular formula is C23H25N3O4S. The summed E-state index contributed by atoms with van der Waals surface area (Å²) in [6.07, 6.45) is 2.68. The SMILES string of the molecule is CCOC(=O)c1c(NC(=O)Cn2c(C)nc3ccccc3c2=O)sc2c1CC[C@@H](C)C2. The van der Waals surface area contributed by atoms with Crippen molar-refractivity contribution in [1.82, 2.24) is 9.55 Å². The summed E-state index contributed by atoms with van der Waals surface area (Å²) in [7, 11) is 0. The number of esters is 1. The number of amides is 1. The van der Waals surface area contributed by atoms with Crippen molar-refractivity contribution < 1.29 is 14.3 Å². The topological polar surface area (TPSA) is 90.3 Å². The van der Waals surface area contributed by atoms with Crippen molar-refractivity contribution in [3.05, 3.63) is 56.4 Å². The minimum atomic E-state index is -0.412. The van der Waals surface area contributed by atoms with Gasteiger partial charge in [-0.05, 0) is 56.7 Å². The molecule has 3 aromatic rings. The lowest BCUT2D eigenvalue weighted by Crippen LogP contribution is -2.30. The van der Waals surface area contributed by atoms with Crippen LogP contribution in [0.1, 0.15) is 46.9 Å². The van der Waals surface area contributed by atoms with E-state index in [9.17, 15) is 14.4 Å². The number of rotatable bonds is 5. The second-order valence-electron chi connectivity index (χ2n) is 7.89. The highest BCUT2D eigenvalue weighted by Gasteiger charge is 2.29. The Balaban J connectivity index is 1.64. The van der Waals surface area contributed by atoms with Crippen molar-refractivity contribution in [3.8, 4) is 0 Å². The number of ether oxygens (including phenoxy) is 1. The molecule has 0 fully saturated rings. The number of nitrogens with zero attached hydrogens (tertiary/aromatic N) is 2. The molecule has 1 amide bonds. The van der Waals surface area contributed by atoms with Crippen LogP contribution in [0.5, 0.6) is 0 Å². The summed E-state index contributed by atoms with van der Waals surface area (Å²) < 4.78 is 6.62. The van der Waals surface area contributed by atoms with Gasteiger partial charge in [-0.3, -0.25) is 14.2 Å². The summed E-state index contributed by atoms with van der Waals surface area (Å²) in [5.41, 5.74) is 1.79. The first-order valence-corrected chi connectivity index (χ1v) is 11.3. The Hall–Kier alpha value is -3.00. The fourth-order valence-corrected chi connectivity index (χ4v) is 5.45. The van der Waals surface area contributed by atoms with Crippen LogP contribution in [0.4, 0.5) is 5.00 Å². The van der Waals surface area contributed by atoms with Crippen LogP contribution in [0, 0.1) is 12.8 Å². The van der Waals surface area contributed by atoms with Gasteiger partial charge in [0.1, 0.15) is 17.4 Å². The number of nitrogens with one attached hydrogen (secondary N) is 1. The number of thiophene rings is 1. The van der Waals surface area contributed by atoms with Gasteiger partial charge >= 0.3 is 5.97 Å². The van der Waals surface area contributed by atoms with E-state index in [-0.39, 0.29) is 24.6 Å². The van der Waals surface area contributed by atoms with Gasteiger partial charge in [0, 0.05) is 4.88 Å². The van der Waals surface area contributed by atoms with E-state index in [2.05, 4.69) is 17.2 Å². The molecule has 1 aliphatic rings. The molecule has 0 saturated heterocycles. The molecule has 0 unspecified atom stereocenters. The van der Waals surface area contributed by atoms with Crippen molar-refractivity contribution in [2.24, 2.45) is 5.92 Å². The molecule has 8 heteroatoms. The maximum absolute atomic E-state index is 12.9. The van der Waals surface area contributed by atoms with E-state index < -0.39 is 5.97 Å². The number of hydrogen-bond donors (Lipinski definition) is 1. The standard InChI is InChI=1S/C23H25N3O4S/c1-4-30-23(29)20-16-10-9-13(2)11-18(16)31-21(20)25-19(27)12-26-14(3)24-17-8-6-5-7-15(17)22(26)28/h5-8,13H,4,9-12H2,1-3H3,(H,25,27)/t13-/m1/s1. The number of aromatic nitrogens is 2. The van der Waals surface area contributed by atoms with Crippen LogP contribution in [-0.4, -0.2) is 28.0 Å². The smallest absolute Gasteiger partial charge is 0.341 e. The van der Waals surface area contributed by atoms with Gasteiger partial charge in [-0.25, -0.2) is 9.78 Å². The molecular weight excluding hydrogens is 414 g/mol. The minimum Gasteiger partial charge on any atom is -0.462 e. The average Bonchev–Trinajstić information content (AvgIpc) is 3.08. The highest BCUT2D eigenvalue weighted by atomic mass is 32.1. The van der Waals surface area contributed by atoms with E-state index in [0.29, 0.717) is 33.2 Å². The lowest BCUT2D eigenvalue weighted by molar-refractivity contribution is -0.116. The number of benzene rings is 1. The van der Waals surface area contributed by atoms with Gasteiger partial charge in [0.25, 0.3) is 5.56 Å².